The van der Waals surface area contributed by atoms with Crippen molar-refractivity contribution in [2.45, 2.75) is 40.2 Å². The summed E-state index contributed by atoms with van der Waals surface area (Å²) in [5, 5.41) is 2.34. The SMILES string of the molecule is CCOC(=O)c1cn(-c2cnc(NC(=O)OC(C)(C)C)cc2C)c2cc(F)c(Cl)cc2c1=O. The predicted molar refractivity (Wildman–Crippen MR) is 123 cm³/mol. The fourth-order valence-electron chi connectivity index (χ4n) is 3.15. The fraction of sp³-hybridized carbons (Fsp3) is 0.304. The smallest absolute Gasteiger partial charge is 0.413 e. The van der Waals surface area contributed by atoms with Crippen LogP contribution < -0.4 is 10.7 Å². The fourth-order valence-corrected chi connectivity index (χ4v) is 3.31. The van der Waals surface area contributed by atoms with Crippen molar-refractivity contribution in [3.8, 4) is 5.69 Å². The van der Waals surface area contributed by atoms with Crippen molar-refractivity contribution in [3.63, 3.8) is 0 Å². The van der Waals surface area contributed by atoms with Crippen molar-refractivity contribution in [1.29, 1.82) is 0 Å². The maximum atomic E-state index is 14.3. The number of halogens is 2. The van der Waals surface area contributed by atoms with Crippen molar-refractivity contribution in [1.82, 2.24) is 9.55 Å². The highest BCUT2D eigenvalue weighted by molar-refractivity contribution is 6.31. The average Bonchev–Trinajstić information content (AvgIpc) is 2.69. The average molecular weight is 476 g/mol. The third-order valence-electron chi connectivity index (χ3n) is 4.51. The molecule has 0 atom stereocenters. The molecule has 2 aromatic heterocycles. The van der Waals surface area contributed by atoms with Gasteiger partial charge in [0.25, 0.3) is 0 Å². The summed E-state index contributed by atoms with van der Waals surface area (Å²) in [6, 6.07) is 3.87. The molecule has 1 aromatic carbocycles. The van der Waals surface area contributed by atoms with E-state index in [0.717, 1.165) is 6.07 Å². The van der Waals surface area contributed by atoms with Gasteiger partial charge in [0.15, 0.2) is 0 Å². The van der Waals surface area contributed by atoms with Crippen molar-refractivity contribution < 1.29 is 23.5 Å². The number of hydrogen-bond acceptors (Lipinski definition) is 6. The van der Waals surface area contributed by atoms with E-state index in [2.05, 4.69) is 10.3 Å². The van der Waals surface area contributed by atoms with Gasteiger partial charge in [-0.15, -0.1) is 0 Å². The van der Waals surface area contributed by atoms with Crippen LogP contribution in [0.4, 0.5) is 15.0 Å². The van der Waals surface area contributed by atoms with Crippen LogP contribution in [-0.4, -0.2) is 33.8 Å². The van der Waals surface area contributed by atoms with Crippen LogP contribution in [0.1, 0.15) is 43.6 Å². The molecular weight excluding hydrogens is 453 g/mol. The second-order valence-electron chi connectivity index (χ2n) is 8.23. The molecular formula is C23H23ClFN3O5. The van der Waals surface area contributed by atoms with Crippen LogP contribution in [-0.2, 0) is 9.47 Å². The van der Waals surface area contributed by atoms with Gasteiger partial charge < -0.3 is 14.0 Å². The van der Waals surface area contributed by atoms with Crippen LogP contribution in [0.5, 0.6) is 0 Å². The lowest BCUT2D eigenvalue weighted by Gasteiger charge is -2.20. The maximum absolute atomic E-state index is 14.3. The summed E-state index contributed by atoms with van der Waals surface area (Å²) in [6.07, 6.45) is 2.03. The molecule has 33 heavy (non-hydrogen) atoms. The predicted octanol–water partition coefficient (Wildman–Crippen LogP) is 5.01. The summed E-state index contributed by atoms with van der Waals surface area (Å²) >= 11 is 5.89. The van der Waals surface area contributed by atoms with Gasteiger partial charge in [-0.05, 0) is 52.3 Å². The van der Waals surface area contributed by atoms with Crippen LogP contribution in [0.15, 0.2) is 35.4 Å². The van der Waals surface area contributed by atoms with Gasteiger partial charge in [0.05, 0.1) is 29.0 Å². The number of rotatable bonds is 4. The highest BCUT2D eigenvalue weighted by Gasteiger charge is 2.21. The van der Waals surface area contributed by atoms with E-state index in [-0.39, 0.29) is 33.9 Å². The molecule has 0 radical (unpaired) electrons. The highest BCUT2D eigenvalue weighted by atomic mass is 35.5. The largest absolute Gasteiger partial charge is 0.462 e. The molecule has 0 aliphatic carbocycles. The topological polar surface area (TPSA) is 99.5 Å². The van der Waals surface area contributed by atoms with Crippen LogP contribution in [0.2, 0.25) is 5.02 Å². The molecule has 0 spiro atoms. The molecule has 0 saturated carbocycles. The number of anilines is 1. The minimum atomic E-state index is -0.813. The van der Waals surface area contributed by atoms with Crippen molar-refractivity contribution in [3.05, 3.63) is 62.8 Å². The second-order valence-corrected chi connectivity index (χ2v) is 8.64. The molecule has 0 aliphatic heterocycles. The van der Waals surface area contributed by atoms with Gasteiger partial charge in [-0.3, -0.25) is 10.1 Å². The molecule has 2 heterocycles. The summed E-state index contributed by atoms with van der Waals surface area (Å²) in [4.78, 5) is 41.6. The molecule has 1 amide bonds. The first-order valence-corrected chi connectivity index (χ1v) is 10.5. The normalized spacial score (nSPS) is 11.4. The van der Waals surface area contributed by atoms with E-state index in [1.807, 2.05) is 0 Å². The monoisotopic (exact) mass is 475 g/mol. The lowest BCUT2D eigenvalue weighted by atomic mass is 10.1. The Morgan fingerprint density at radius 3 is 2.55 bits per heavy atom. The van der Waals surface area contributed by atoms with Crippen LogP contribution in [0.25, 0.3) is 16.6 Å². The standard InChI is InChI=1S/C23H23ClFN3O5/c1-6-32-21(30)14-11-28(17-9-16(25)15(24)8-13(17)20(14)29)18-10-26-19(7-12(18)2)27-22(31)33-23(3,4)5/h7-11H,6H2,1-5H3,(H,26,27,31). The summed E-state index contributed by atoms with van der Waals surface area (Å²) in [6.45, 7) is 8.64. The number of fused-ring (bicyclic) bond motifs is 1. The number of benzene rings is 1. The molecule has 0 fully saturated rings. The lowest BCUT2D eigenvalue weighted by Crippen LogP contribution is -2.27. The number of nitrogens with zero attached hydrogens (tertiary/aromatic N) is 2. The number of nitrogens with one attached hydrogen (secondary N) is 1. The third-order valence-corrected chi connectivity index (χ3v) is 4.80. The Labute approximate surface area is 194 Å². The Bertz CT molecular complexity index is 1310. The summed E-state index contributed by atoms with van der Waals surface area (Å²) < 4.78 is 26.0. The molecule has 1 N–H and O–H groups in total. The van der Waals surface area contributed by atoms with Crippen molar-refractivity contribution in [2.75, 3.05) is 11.9 Å². The van der Waals surface area contributed by atoms with Gasteiger partial charge in [0.2, 0.25) is 5.43 Å². The van der Waals surface area contributed by atoms with Gasteiger partial charge >= 0.3 is 12.1 Å². The second kappa shape index (κ2) is 9.19. The first kappa shape index (κ1) is 24.2. The number of hydrogen-bond donors (Lipinski definition) is 1. The third kappa shape index (κ3) is 5.31. The molecule has 0 unspecified atom stereocenters. The van der Waals surface area contributed by atoms with Gasteiger partial charge in [0.1, 0.15) is 22.8 Å². The minimum absolute atomic E-state index is 0.0438. The zero-order valence-corrected chi connectivity index (χ0v) is 19.5. The minimum Gasteiger partial charge on any atom is -0.462 e. The number of esters is 1. The number of carbonyl (C=O) groups is 2. The van der Waals surface area contributed by atoms with Gasteiger partial charge in [0, 0.05) is 17.6 Å². The quantitative estimate of drug-likeness (QED) is 0.532. The van der Waals surface area contributed by atoms with Gasteiger partial charge in [-0.25, -0.2) is 19.0 Å². The van der Waals surface area contributed by atoms with E-state index in [4.69, 9.17) is 21.1 Å². The maximum Gasteiger partial charge on any atom is 0.413 e. The number of pyridine rings is 2. The van der Waals surface area contributed by atoms with Gasteiger partial charge in [-0.2, -0.15) is 0 Å². The highest BCUT2D eigenvalue weighted by Crippen LogP contribution is 2.26. The number of aryl methyl sites for hydroxylation is 1. The summed E-state index contributed by atoms with van der Waals surface area (Å²) in [5.41, 5.74) is -0.290. The van der Waals surface area contributed by atoms with E-state index in [9.17, 15) is 18.8 Å². The zero-order valence-electron chi connectivity index (χ0n) is 18.8. The Hall–Kier alpha value is -3.46. The summed E-state index contributed by atoms with van der Waals surface area (Å²) in [7, 11) is 0. The molecule has 8 nitrogen and oxygen atoms in total. The molecule has 174 valence electrons. The van der Waals surface area contributed by atoms with Crippen molar-refractivity contribution >= 4 is 40.4 Å². The Morgan fingerprint density at radius 1 is 1.24 bits per heavy atom. The Kier molecular flexibility index (Phi) is 6.73. The molecule has 0 aliphatic rings. The summed E-state index contributed by atoms with van der Waals surface area (Å²) in [5.74, 6) is -1.31. The van der Waals surface area contributed by atoms with Crippen molar-refractivity contribution in [2.24, 2.45) is 0 Å². The number of ether oxygens (including phenoxy) is 2. The van der Waals surface area contributed by atoms with E-state index in [1.165, 1.54) is 23.0 Å². The Morgan fingerprint density at radius 2 is 1.94 bits per heavy atom. The number of carbonyl (C=O) groups excluding carboxylic acids is 2. The molecule has 3 rings (SSSR count). The van der Waals surface area contributed by atoms with E-state index in [0.29, 0.717) is 11.3 Å². The first-order chi connectivity index (χ1) is 15.4. The van der Waals surface area contributed by atoms with E-state index >= 15 is 0 Å². The van der Waals surface area contributed by atoms with E-state index in [1.54, 1.807) is 40.7 Å². The van der Waals surface area contributed by atoms with Crippen LogP contribution in [0.3, 0.4) is 0 Å². The zero-order chi connectivity index (χ0) is 24.5. The van der Waals surface area contributed by atoms with E-state index < -0.39 is 28.9 Å². The number of aromatic nitrogens is 2. The molecule has 0 bridgehead atoms. The van der Waals surface area contributed by atoms with Crippen LogP contribution >= 0.6 is 11.6 Å². The van der Waals surface area contributed by atoms with Gasteiger partial charge in [-0.1, -0.05) is 11.6 Å². The van der Waals surface area contributed by atoms with Crippen LogP contribution in [0, 0.1) is 12.7 Å². The molecule has 10 heteroatoms. The Balaban J connectivity index is 2.15. The number of amides is 1. The first-order valence-electron chi connectivity index (χ1n) is 10.1. The molecule has 3 aromatic rings. The molecule has 0 saturated heterocycles. The lowest BCUT2D eigenvalue weighted by molar-refractivity contribution is 0.0523.